The Bertz CT molecular complexity index is 1550. The van der Waals surface area contributed by atoms with Crippen LogP contribution in [-0.2, 0) is 22.6 Å². The van der Waals surface area contributed by atoms with Crippen molar-refractivity contribution in [3.05, 3.63) is 113 Å². The van der Waals surface area contributed by atoms with Crippen LogP contribution in [0.4, 0.5) is 10.5 Å². The number of amides is 4. The van der Waals surface area contributed by atoms with Gasteiger partial charge in [0, 0.05) is 5.56 Å². The van der Waals surface area contributed by atoms with Gasteiger partial charge in [0.2, 0.25) is 0 Å². The van der Waals surface area contributed by atoms with Crippen LogP contribution in [-0.4, -0.2) is 17.8 Å². The molecule has 5 rings (SSSR count). The monoisotopic (exact) mass is 490 g/mol. The zero-order chi connectivity index (χ0) is 25.9. The van der Waals surface area contributed by atoms with E-state index in [1.165, 1.54) is 6.08 Å². The Morgan fingerprint density at radius 2 is 1.65 bits per heavy atom. The van der Waals surface area contributed by atoms with Crippen LogP contribution in [0.15, 0.2) is 90.5 Å². The van der Waals surface area contributed by atoms with E-state index >= 15 is 0 Å². The van der Waals surface area contributed by atoms with Crippen molar-refractivity contribution in [3.8, 4) is 5.75 Å². The number of carbonyl (C=O) groups is 3. The predicted molar refractivity (Wildman–Crippen MR) is 144 cm³/mol. The van der Waals surface area contributed by atoms with Crippen LogP contribution in [0, 0.1) is 6.92 Å². The minimum Gasteiger partial charge on any atom is -0.488 e. The fourth-order valence-corrected chi connectivity index (χ4v) is 4.43. The van der Waals surface area contributed by atoms with Crippen molar-refractivity contribution in [1.82, 2.24) is 5.32 Å². The minimum absolute atomic E-state index is 0.143. The average molecular weight is 491 g/mol. The van der Waals surface area contributed by atoms with Gasteiger partial charge in [0.1, 0.15) is 17.9 Å². The van der Waals surface area contributed by atoms with E-state index in [1.54, 1.807) is 12.1 Å². The second-order valence-electron chi connectivity index (χ2n) is 8.95. The molecule has 37 heavy (non-hydrogen) atoms. The van der Waals surface area contributed by atoms with Gasteiger partial charge in [-0.1, -0.05) is 79.2 Å². The average Bonchev–Trinajstić information content (AvgIpc) is 2.90. The Labute approximate surface area is 215 Å². The third kappa shape index (κ3) is 4.86. The Kier molecular flexibility index (Phi) is 6.56. The largest absolute Gasteiger partial charge is 0.488 e. The van der Waals surface area contributed by atoms with Crippen LogP contribution in [0.2, 0.25) is 0 Å². The predicted octanol–water partition coefficient (Wildman–Crippen LogP) is 5.96. The number of benzene rings is 4. The van der Waals surface area contributed by atoms with Crippen LogP contribution in [0.5, 0.6) is 5.75 Å². The number of rotatable bonds is 6. The van der Waals surface area contributed by atoms with Crippen LogP contribution in [0.1, 0.15) is 29.2 Å². The second-order valence-corrected chi connectivity index (χ2v) is 8.95. The minimum atomic E-state index is -0.773. The summed E-state index contributed by atoms with van der Waals surface area (Å²) in [4.78, 5) is 40.0. The lowest BCUT2D eigenvalue weighted by Crippen LogP contribution is -2.54. The summed E-state index contributed by atoms with van der Waals surface area (Å²) in [6.07, 6.45) is 2.35. The van der Waals surface area contributed by atoms with Crippen LogP contribution in [0.25, 0.3) is 16.8 Å². The van der Waals surface area contributed by atoms with Crippen molar-refractivity contribution in [3.63, 3.8) is 0 Å². The Balaban J connectivity index is 1.56. The summed E-state index contributed by atoms with van der Waals surface area (Å²) >= 11 is 0. The lowest BCUT2D eigenvalue weighted by molar-refractivity contribution is -0.122. The van der Waals surface area contributed by atoms with Gasteiger partial charge in [-0.05, 0) is 59.5 Å². The summed E-state index contributed by atoms with van der Waals surface area (Å²) in [5, 5.41) is 4.07. The van der Waals surface area contributed by atoms with Gasteiger partial charge in [-0.3, -0.25) is 14.9 Å². The summed E-state index contributed by atoms with van der Waals surface area (Å²) < 4.78 is 6.19. The summed E-state index contributed by atoms with van der Waals surface area (Å²) in [7, 11) is 0. The van der Waals surface area contributed by atoms with Gasteiger partial charge in [0.05, 0.1) is 5.69 Å². The van der Waals surface area contributed by atoms with E-state index in [9.17, 15) is 14.4 Å². The molecule has 4 aromatic carbocycles. The van der Waals surface area contributed by atoms with Gasteiger partial charge in [-0.2, -0.15) is 0 Å². The van der Waals surface area contributed by atoms with Crippen LogP contribution < -0.4 is 15.0 Å². The van der Waals surface area contributed by atoms with Gasteiger partial charge in [0.15, 0.2) is 0 Å². The highest BCUT2D eigenvalue weighted by atomic mass is 16.5. The molecule has 6 heteroatoms. The molecule has 0 spiro atoms. The van der Waals surface area contributed by atoms with Crippen LogP contribution in [0.3, 0.4) is 0 Å². The van der Waals surface area contributed by atoms with Gasteiger partial charge in [0.25, 0.3) is 11.8 Å². The van der Waals surface area contributed by atoms with E-state index in [-0.39, 0.29) is 5.57 Å². The standard InChI is InChI=1S/C31H26N2O4/c1-3-21-11-14-24(15-12-21)33-30(35)27(29(34)32-31(33)36)18-26-25-10-5-4-9-23(25)13-16-28(26)37-19-22-8-6-7-20(2)17-22/h4-18H,3,19H2,1-2H3,(H,32,34,36)/b27-18+. The number of barbiturate groups is 1. The summed E-state index contributed by atoms with van der Waals surface area (Å²) in [5.41, 5.74) is 4.06. The number of fused-ring (bicyclic) bond motifs is 1. The lowest BCUT2D eigenvalue weighted by atomic mass is 9.99. The summed E-state index contributed by atoms with van der Waals surface area (Å²) in [6, 6.07) is 25.8. The number of hydrogen-bond acceptors (Lipinski definition) is 4. The van der Waals surface area contributed by atoms with Crippen molar-refractivity contribution in [2.75, 3.05) is 4.90 Å². The molecule has 1 fully saturated rings. The number of aryl methyl sites for hydroxylation is 2. The first-order valence-electron chi connectivity index (χ1n) is 12.1. The number of nitrogens with one attached hydrogen (secondary N) is 1. The molecule has 6 nitrogen and oxygen atoms in total. The van der Waals surface area contributed by atoms with E-state index in [4.69, 9.17) is 4.74 Å². The zero-order valence-electron chi connectivity index (χ0n) is 20.7. The van der Waals surface area contributed by atoms with Gasteiger partial charge >= 0.3 is 6.03 Å². The number of imide groups is 2. The van der Waals surface area contributed by atoms with E-state index in [2.05, 4.69) is 5.32 Å². The Hall–Kier alpha value is -4.71. The molecule has 1 aliphatic heterocycles. The molecule has 1 N–H and O–H groups in total. The van der Waals surface area contributed by atoms with E-state index in [0.29, 0.717) is 23.6 Å². The van der Waals surface area contributed by atoms with Crippen LogP contribution >= 0.6 is 0 Å². The molecule has 0 aliphatic carbocycles. The van der Waals surface area contributed by atoms with E-state index in [1.807, 2.05) is 86.6 Å². The molecule has 184 valence electrons. The Morgan fingerprint density at radius 1 is 0.865 bits per heavy atom. The molecular weight excluding hydrogens is 464 g/mol. The normalized spacial score (nSPS) is 14.8. The smallest absolute Gasteiger partial charge is 0.335 e. The number of carbonyl (C=O) groups excluding carboxylic acids is 3. The van der Waals surface area contributed by atoms with Gasteiger partial charge in [-0.15, -0.1) is 0 Å². The van der Waals surface area contributed by atoms with Gasteiger partial charge < -0.3 is 4.74 Å². The molecule has 1 saturated heterocycles. The third-order valence-corrected chi connectivity index (χ3v) is 6.40. The topological polar surface area (TPSA) is 75.7 Å². The summed E-state index contributed by atoms with van der Waals surface area (Å²) in [6.45, 7) is 4.37. The maximum absolute atomic E-state index is 13.5. The highest BCUT2D eigenvalue weighted by Gasteiger charge is 2.37. The van der Waals surface area contributed by atoms with E-state index in [0.717, 1.165) is 38.8 Å². The number of anilines is 1. The second kappa shape index (κ2) is 10.1. The molecule has 0 unspecified atom stereocenters. The van der Waals surface area contributed by atoms with E-state index < -0.39 is 17.8 Å². The third-order valence-electron chi connectivity index (χ3n) is 6.40. The maximum atomic E-state index is 13.5. The fraction of sp³-hybridized carbons (Fsp3) is 0.129. The van der Waals surface area contributed by atoms with Gasteiger partial charge in [-0.25, -0.2) is 9.69 Å². The first kappa shape index (κ1) is 24.0. The van der Waals surface area contributed by atoms with Crippen molar-refractivity contribution < 1.29 is 19.1 Å². The highest BCUT2D eigenvalue weighted by molar-refractivity contribution is 6.39. The molecule has 1 aliphatic rings. The molecular formula is C31H26N2O4. The Morgan fingerprint density at radius 3 is 2.41 bits per heavy atom. The maximum Gasteiger partial charge on any atom is 0.335 e. The first-order valence-corrected chi connectivity index (χ1v) is 12.1. The molecule has 0 aromatic heterocycles. The highest BCUT2D eigenvalue weighted by Crippen LogP contribution is 2.32. The molecule has 0 radical (unpaired) electrons. The SMILES string of the molecule is CCc1ccc(N2C(=O)NC(=O)/C(=C\c3c(OCc4cccc(C)c4)ccc4ccccc34)C2=O)cc1. The number of urea groups is 1. The molecule has 4 aromatic rings. The van der Waals surface area contributed by atoms with Crippen molar-refractivity contribution >= 4 is 40.4 Å². The van der Waals surface area contributed by atoms with Crippen molar-refractivity contribution in [2.24, 2.45) is 0 Å². The number of ether oxygens (including phenoxy) is 1. The van der Waals surface area contributed by atoms with Crippen molar-refractivity contribution in [1.29, 1.82) is 0 Å². The lowest BCUT2D eigenvalue weighted by Gasteiger charge is -2.26. The first-order chi connectivity index (χ1) is 17.9. The quantitative estimate of drug-likeness (QED) is 0.267. The molecule has 4 amide bonds. The molecule has 0 saturated carbocycles. The number of hydrogen-bond donors (Lipinski definition) is 1. The number of nitrogens with zero attached hydrogens (tertiary/aromatic N) is 1. The zero-order valence-corrected chi connectivity index (χ0v) is 20.7. The van der Waals surface area contributed by atoms with Crippen molar-refractivity contribution in [2.45, 2.75) is 26.9 Å². The fourth-order valence-electron chi connectivity index (χ4n) is 4.43. The summed E-state index contributed by atoms with van der Waals surface area (Å²) in [5.74, 6) is -0.895. The molecule has 0 atom stereocenters. The molecule has 1 heterocycles. The molecule has 0 bridgehead atoms.